The van der Waals surface area contributed by atoms with Gasteiger partial charge < -0.3 is 14.0 Å². The SMILES string of the molecule is CCn1c(P(C)(=O)[O-])nc2ccccc21.[Na]. The second kappa shape index (κ2) is 5.03. The molecule has 0 aliphatic heterocycles. The smallest absolute Gasteiger partial charge is 0.155 e. The van der Waals surface area contributed by atoms with E-state index in [2.05, 4.69) is 4.98 Å². The van der Waals surface area contributed by atoms with Crippen molar-refractivity contribution in [3.8, 4) is 0 Å². The van der Waals surface area contributed by atoms with E-state index >= 15 is 0 Å². The molecule has 0 aliphatic carbocycles. The molecule has 0 fully saturated rings. The molecule has 1 atom stereocenters. The first-order valence-corrected chi connectivity index (χ1v) is 6.85. The van der Waals surface area contributed by atoms with E-state index in [4.69, 9.17) is 0 Å². The number of para-hydroxylation sites is 2. The Labute approximate surface area is 116 Å². The quantitative estimate of drug-likeness (QED) is 0.575. The molecule has 0 spiro atoms. The maximum Gasteiger partial charge on any atom is 0.155 e. The van der Waals surface area contributed by atoms with Gasteiger partial charge in [-0.05, 0) is 25.7 Å². The van der Waals surface area contributed by atoms with E-state index in [9.17, 15) is 9.46 Å². The van der Waals surface area contributed by atoms with Gasteiger partial charge in [0.2, 0.25) is 0 Å². The van der Waals surface area contributed by atoms with Gasteiger partial charge in [0, 0.05) is 36.1 Å². The minimum absolute atomic E-state index is 0. The van der Waals surface area contributed by atoms with Crippen molar-refractivity contribution in [2.75, 3.05) is 6.66 Å². The number of rotatable bonds is 2. The van der Waals surface area contributed by atoms with Crippen LogP contribution in [0.5, 0.6) is 0 Å². The fourth-order valence-electron chi connectivity index (χ4n) is 1.68. The summed E-state index contributed by atoms with van der Waals surface area (Å²) in [6.07, 6.45) is 0. The first-order chi connectivity index (χ1) is 7.04. The minimum Gasteiger partial charge on any atom is -0.794 e. The van der Waals surface area contributed by atoms with E-state index in [-0.39, 0.29) is 35.1 Å². The van der Waals surface area contributed by atoms with Crippen LogP contribution in [-0.4, -0.2) is 45.8 Å². The summed E-state index contributed by atoms with van der Waals surface area (Å²) in [5.41, 5.74) is 1.77. The number of hydrogen-bond donors (Lipinski definition) is 0. The third kappa shape index (κ3) is 2.41. The molecule has 1 aromatic carbocycles. The minimum atomic E-state index is -3.54. The van der Waals surface area contributed by atoms with Crippen LogP contribution in [0.15, 0.2) is 24.3 Å². The number of fused-ring (bicyclic) bond motifs is 1. The van der Waals surface area contributed by atoms with Crippen molar-refractivity contribution in [2.45, 2.75) is 13.5 Å². The van der Waals surface area contributed by atoms with E-state index in [1.165, 1.54) is 6.66 Å². The van der Waals surface area contributed by atoms with Crippen LogP contribution in [0.4, 0.5) is 0 Å². The first kappa shape index (κ1) is 13.9. The molecule has 0 bridgehead atoms. The fourth-order valence-corrected chi connectivity index (χ4v) is 2.66. The van der Waals surface area contributed by atoms with Gasteiger partial charge in [-0.1, -0.05) is 12.1 Å². The molecule has 0 saturated heterocycles. The van der Waals surface area contributed by atoms with Gasteiger partial charge in [-0.2, -0.15) is 0 Å². The molecule has 0 aliphatic rings. The normalized spacial score (nSPS) is 14.4. The molecular formula is C10H12N2NaO2P-. The molecule has 2 aromatic rings. The van der Waals surface area contributed by atoms with Crippen LogP contribution >= 0.6 is 7.37 Å². The average Bonchev–Trinajstić information content (AvgIpc) is 2.55. The van der Waals surface area contributed by atoms with E-state index in [1.54, 1.807) is 4.57 Å². The number of benzene rings is 1. The molecule has 16 heavy (non-hydrogen) atoms. The van der Waals surface area contributed by atoms with Gasteiger partial charge in [0.15, 0.2) is 5.57 Å². The third-order valence-electron chi connectivity index (χ3n) is 2.31. The maximum absolute atomic E-state index is 11.5. The summed E-state index contributed by atoms with van der Waals surface area (Å²) < 4.78 is 13.3. The van der Waals surface area contributed by atoms with Gasteiger partial charge >= 0.3 is 0 Å². The standard InChI is InChI=1S/C10H13N2O2P.Na/c1-3-12-9-7-5-4-6-8(9)11-10(12)15(2,13)14;/h4-7H,3H2,1-2H3,(H,13,14);/p-1. The summed E-state index contributed by atoms with van der Waals surface area (Å²) in [5.74, 6) is 0. The van der Waals surface area contributed by atoms with Crippen LogP contribution in [0.2, 0.25) is 0 Å². The van der Waals surface area contributed by atoms with Crippen LogP contribution < -0.4 is 10.5 Å². The molecule has 1 heterocycles. The Morgan fingerprint density at radius 1 is 1.44 bits per heavy atom. The van der Waals surface area contributed by atoms with E-state index < -0.39 is 7.37 Å². The van der Waals surface area contributed by atoms with E-state index in [1.807, 2.05) is 31.2 Å². The van der Waals surface area contributed by atoms with Gasteiger partial charge in [0.05, 0.1) is 18.4 Å². The van der Waals surface area contributed by atoms with Crippen LogP contribution in [0.3, 0.4) is 0 Å². The molecule has 0 N–H and O–H groups in total. The van der Waals surface area contributed by atoms with Crippen molar-refractivity contribution < 1.29 is 9.46 Å². The van der Waals surface area contributed by atoms with Crippen molar-refractivity contribution in [2.24, 2.45) is 0 Å². The Morgan fingerprint density at radius 2 is 2.06 bits per heavy atom. The largest absolute Gasteiger partial charge is 0.794 e. The third-order valence-corrected chi connectivity index (χ3v) is 3.38. The van der Waals surface area contributed by atoms with Crippen molar-refractivity contribution in [1.29, 1.82) is 0 Å². The van der Waals surface area contributed by atoms with Crippen molar-refractivity contribution in [3.05, 3.63) is 24.3 Å². The Hall–Kier alpha value is -0.120. The predicted molar refractivity (Wildman–Crippen MR) is 64.3 cm³/mol. The first-order valence-electron chi connectivity index (χ1n) is 4.78. The van der Waals surface area contributed by atoms with Crippen molar-refractivity contribution in [1.82, 2.24) is 9.55 Å². The van der Waals surface area contributed by atoms with Gasteiger partial charge in [-0.25, -0.2) is 4.98 Å². The zero-order valence-corrected chi connectivity index (χ0v) is 12.6. The summed E-state index contributed by atoms with van der Waals surface area (Å²) in [7, 11) is -3.54. The van der Waals surface area contributed by atoms with E-state index in [0.717, 1.165) is 11.0 Å². The van der Waals surface area contributed by atoms with Crippen LogP contribution in [0, 0.1) is 0 Å². The fraction of sp³-hybridized carbons (Fsp3) is 0.300. The molecule has 4 nitrogen and oxygen atoms in total. The molecule has 81 valence electrons. The molecule has 6 heteroatoms. The Balaban J connectivity index is 0.00000128. The average molecular weight is 246 g/mol. The van der Waals surface area contributed by atoms with Gasteiger partial charge in [0.1, 0.15) is 0 Å². The van der Waals surface area contributed by atoms with Crippen LogP contribution in [-0.2, 0) is 11.1 Å². The van der Waals surface area contributed by atoms with Crippen LogP contribution in [0.25, 0.3) is 11.0 Å². The molecule has 1 radical (unpaired) electrons. The monoisotopic (exact) mass is 246 g/mol. The van der Waals surface area contributed by atoms with Gasteiger partial charge in [-0.3, -0.25) is 0 Å². The van der Waals surface area contributed by atoms with Crippen LogP contribution in [0.1, 0.15) is 6.92 Å². The summed E-state index contributed by atoms with van der Waals surface area (Å²) in [6, 6.07) is 7.43. The Bertz CT molecular complexity index is 547. The van der Waals surface area contributed by atoms with Gasteiger partial charge in [-0.15, -0.1) is 0 Å². The summed E-state index contributed by atoms with van der Waals surface area (Å²) in [6.45, 7) is 3.73. The van der Waals surface area contributed by atoms with Crippen molar-refractivity contribution >= 4 is 53.5 Å². The molecule has 2 rings (SSSR count). The zero-order valence-electron chi connectivity index (χ0n) is 9.67. The summed E-state index contributed by atoms with van der Waals surface area (Å²) in [4.78, 5) is 15.7. The Morgan fingerprint density at radius 3 is 2.62 bits per heavy atom. The summed E-state index contributed by atoms with van der Waals surface area (Å²) in [5, 5.41) is 0. The molecule has 1 aromatic heterocycles. The second-order valence-electron chi connectivity index (χ2n) is 3.49. The van der Waals surface area contributed by atoms with E-state index in [0.29, 0.717) is 6.54 Å². The van der Waals surface area contributed by atoms with Crippen molar-refractivity contribution in [3.63, 3.8) is 0 Å². The number of nitrogens with zero attached hydrogens (tertiary/aromatic N) is 2. The van der Waals surface area contributed by atoms with Gasteiger partial charge in [0.25, 0.3) is 0 Å². The predicted octanol–water partition coefficient (Wildman–Crippen LogP) is 0.569. The molecular weight excluding hydrogens is 234 g/mol. The second-order valence-corrected chi connectivity index (χ2v) is 5.58. The topological polar surface area (TPSA) is 58.0 Å². The summed E-state index contributed by atoms with van der Waals surface area (Å²) >= 11 is 0. The molecule has 1 unspecified atom stereocenters. The maximum atomic E-state index is 11.5. The number of aryl methyl sites for hydroxylation is 1. The Kier molecular flexibility index (Phi) is 4.38. The number of imidazole rings is 1. The number of hydrogen-bond acceptors (Lipinski definition) is 3. The molecule has 0 saturated carbocycles. The zero-order chi connectivity index (χ0) is 11.1. The molecule has 0 amide bonds. The number of aromatic nitrogens is 2.